The Kier molecular flexibility index (Phi) is 6.40. The van der Waals surface area contributed by atoms with E-state index in [1.54, 1.807) is 6.26 Å². The van der Waals surface area contributed by atoms with Crippen LogP contribution in [0.15, 0.2) is 40.1 Å². The van der Waals surface area contributed by atoms with Crippen molar-refractivity contribution in [2.45, 2.75) is 37.6 Å². The lowest BCUT2D eigenvalue weighted by atomic mass is 10.2. The molecule has 1 aromatic carbocycles. The van der Waals surface area contributed by atoms with E-state index in [-0.39, 0.29) is 22.8 Å². The number of aromatic nitrogens is 3. The minimum absolute atomic E-state index is 0.0446. The highest BCUT2D eigenvalue weighted by molar-refractivity contribution is 7.99. The van der Waals surface area contributed by atoms with E-state index in [1.807, 2.05) is 17.6 Å². The Morgan fingerprint density at radius 3 is 2.97 bits per heavy atom. The van der Waals surface area contributed by atoms with Crippen LogP contribution in [0.4, 0.5) is 10.1 Å². The minimum atomic E-state index is -0.534. The number of aryl methyl sites for hydroxylation is 1. The molecule has 158 valence electrons. The van der Waals surface area contributed by atoms with Crippen molar-refractivity contribution in [3.8, 4) is 11.4 Å². The number of anilines is 1. The molecule has 0 aliphatic carbocycles. The van der Waals surface area contributed by atoms with Crippen molar-refractivity contribution in [3.63, 3.8) is 0 Å². The maximum Gasteiger partial charge on any atom is 0.234 e. The van der Waals surface area contributed by atoms with E-state index in [1.165, 1.54) is 30.0 Å². The van der Waals surface area contributed by atoms with Crippen LogP contribution in [0, 0.1) is 12.7 Å². The second-order valence-corrected chi connectivity index (χ2v) is 8.26. The number of nitrogens with one attached hydrogen (secondary N) is 1. The van der Waals surface area contributed by atoms with Crippen molar-refractivity contribution in [2.24, 2.45) is 0 Å². The highest BCUT2D eigenvalue weighted by atomic mass is 35.5. The number of hydrogen-bond acceptors (Lipinski definition) is 6. The quantitative estimate of drug-likeness (QED) is 0.532. The van der Waals surface area contributed by atoms with Crippen LogP contribution in [-0.2, 0) is 16.1 Å². The molecule has 3 heterocycles. The number of rotatable bonds is 7. The van der Waals surface area contributed by atoms with Gasteiger partial charge >= 0.3 is 0 Å². The SMILES string of the molecule is Cc1occc1-c1nnc(SCC(=O)Nc2ccc(F)c(Cl)c2)n1CC1CCCO1. The summed E-state index contributed by atoms with van der Waals surface area (Å²) in [7, 11) is 0. The van der Waals surface area contributed by atoms with Gasteiger partial charge in [0.1, 0.15) is 11.6 Å². The van der Waals surface area contributed by atoms with Crippen LogP contribution < -0.4 is 5.32 Å². The number of carbonyl (C=O) groups is 1. The highest BCUT2D eigenvalue weighted by Gasteiger charge is 2.23. The van der Waals surface area contributed by atoms with Gasteiger partial charge in [-0.1, -0.05) is 23.4 Å². The van der Waals surface area contributed by atoms with Gasteiger partial charge in [-0.3, -0.25) is 9.36 Å². The van der Waals surface area contributed by atoms with Crippen LogP contribution in [-0.4, -0.2) is 39.1 Å². The van der Waals surface area contributed by atoms with Gasteiger partial charge in [0.05, 0.1) is 35.3 Å². The molecule has 0 bridgehead atoms. The third-order valence-electron chi connectivity index (χ3n) is 4.76. The van der Waals surface area contributed by atoms with Gasteiger partial charge in [0.15, 0.2) is 11.0 Å². The molecule has 1 atom stereocenters. The molecule has 30 heavy (non-hydrogen) atoms. The van der Waals surface area contributed by atoms with E-state index >= 15 is 0 Å². The van der Waals surface area contributed by atoms with Gasteiger partial charge in [-0.05, 0) is 44.0 Å². The number of carbonyl (C=O) groups excluding carboxylic acids is 1. The average Bonchev–Trinajstić information content (AvgIpc) is 3.46. The fourth-order valence-electron chi connectivity index (χ4n) is 3.27. The summed E-state index contributed by atoms with van der Waals surface area (Å²) < 4.78 is 26.4. The van der Waals surface area contributed by atoms with Gasteiger partial charge in [-0.2, -0.15) is 0 Å². The first-order chi connectivity index (χ1) is 14.5. The summed E-state index contributed by atoms with van der Waals surface area (Å²) in [5.41, 5.74) is 1.29. The van der Waals surface area contributed by atoms with Gasteiger partial charge in [0.2, 0.25) is 5.91 Å². The van der Waals surface area contributed by atoms with Crippen molar-refractivity contribution in [1.29, 1.82) is 0 Å². The molecule has 2 aromatic heterocycles. The zero-order valence-electron chi connectivity index (χ0n) is 16.2. The number of benzene rings is 1. The molecule has 0 radical (unpaired) electrons. The van der Waals surface area contributed by atoms with Crippen molar-refractivity contribution in [2.75, 3.05) is 17.7 Å². The third-order valence-corrected chi connectivity index (χ3v) is 6.02. The van der Waals surface area contributed by atoms with Crippen LogP contribution >= 0.6 is 23.4 Å². The number of amides is 1. The second kappa shape index (κ2) is 9.20. The van der Waals surface area contributed by atoms with Crippen molar-refractivity contribution in [1.82, 2.24) is 14.8 Å². The van der Waals surface area contributed by atoms with Gasteiger partial charge in [0.25, 0.3) is 0 Å². The Hall–Kier alpha value is -2.36. The zero-order valence-corrected chi connectivity index (χ0v) is 17.8. The monoisotopic (exact) mass is 450 g/mol. The van der Waals surface area contributed by atoms with Gasteiger partial charge < -0.3 is 14.5 Å². The lowest BCUT2D eigenvalue weighted by Crippen LogP contribution is -2.18. The Labute approximate surface area is 181 Å². The Balaban J connectivity index is 1.48. The molecule has 1 aliphatic heterocycles. The van der Waals surface area contributed by atoms with Gasteiger partial charge in [-0.25, -0.2) is 4.39 Å². The maximum atomic E-state index is 13.3. The second-order valence-electron chi connectivity index (χ2n) is 6.91. The fourth-order valence-corrected chi connectivity index (χ4v) is 4.20. The van der Waals surface area contributed by atoms with Crippen LogP contribution in [0.3, 0.4) is 0 Å². The smallest absolute Gasteiger partial charge is 0.234 e. The van der Waals surface area contributed by atoms with Gasteiger partial charge in [-0.15, -0.1) is 10.2 Å². The molecule has 4 rings (SSSR count). The lowest BCUT2D eigenvalue weighted by Gasteiger charge is -2.14. The molecule has 1 aliphatic rings. The Bertz CT molecular complexity index is 1050. The summed E-state index contributed by atoms with van der Waals surface area (Å²) in [4.78, 5) is 12.4. The van der Waals surface area contributed by atoms with Crippen LogP contribution in [0.25, 0.3) is 11.4 Å². The Morgan fingerprint density at radius 1 is 1.40 bits per heavy atom. The zero-order chi connectivity index (χ0) is 21.1. The molecule has 10 heteroatoms. The maximum absolute atomic E-state index is 13.3. The average molecular weight is 451 g/mol. The molecule has 1 unspecified atom stereocenters. The van der Waals surface area contributed by atoms with E-state index in [4.69, 9.17) is 20.8 Å². The first kappa shape index (κ1) is 20.9. The van der Waals surface area contributed by atoms with Crippen LogP contribution in [0.1, 0.15) is 18.6 Å². The van der Waals surface area contributed by atoms with Crippen molar-refractivity contribution < 1.29 is 18.3 Å². The molecule has 1 N–H and O–H groups in total. The fraction of sp³-hybridized carbons (Fsp3) is 0.350. The van der Waals surface area contributed by atoms with Crippen LogP contribution in [0.5, 0.6) is 0 Å². The molecule has 0 spiro atoms. The molecule has 1 amide bonds. The van der Waals surface area contributed by atoms with E-state index in [0.29, 0.717) is 23.2 Å². The number of halogens is 2. The minimum Gasteiger partial charge on any atom is -0.469 e. The summed E-state index contributed by atoms with van der Waals surface area (Å²) in [5, 5.41) is 11.9. The number of hydrogen-bond donors (Lipinski definition) is 1. The lowest BCUT2D eigenvalue weighted by molar-refractivity contribution is -0.113. The number of ether oxygens (including phenoxy) is 1. The molecular weight excluding hydrogens is 431 g/mol. The normalized spacial score (nSPS) is 16.2. The van der Waals surface area contributed by atoms with E-state index in [2.05, 4.69) is 15.5 Å². The number of furan rings is 1. The molecule has 1 fully saturated rings. The van der Waals surface area contributed by atoms with Crippen LogP contribution in [0.2, 0.25) is 5.02 Å². The van der Waals surface area contributed by atoms with Crippen molar-refractivity contribution in [3.05, 3.63) is 47.1 Å². The molecule has 7 nitrogen and oxygen atoms in total. The topological polar surface area (TPSA) is 82.2 Å². The number of thioether (sulfide) groups is 1. The standard InChI is InChI=1S/C20H20ClFN4O3S/c1-12-15(6-8-28-12)19-24-25-20(26(19)10-14-3-2-7-29-14)30-11-18(27)23-13-4-5-17(22)16(21)9-13/h4-6,8-9,14H,2-3,7,10-11H2,1H3,(H,23,27). The predicted octanol–water partition coefficient (Wildman–Crippen LogP) is 4.55. The molecular formula is C20H20ClFN4O3S. The van der Waals surface area contributed by atoms with Gasteiger partial charge in [0, 0.05) is 12.3 Å². The Morgan fingerprint density at radius 2 is 2.27 bits per heavy atom. The summed E-state index contributed by atoms with van der Waals surface area (Å²) in [6.07, 6.45) is 3.70. The molecule has 3 aromatic rings. The molecule has 0 saturated carbocycles. The summed E-state index contributed by atoms with van der Waals surface area (Å²) in [6.45, 7) is 3.22. The van der Waals surface area contributed by atoms with E-state index in [9.17, 15) is 9.18 Å². The number of nitrogens with zero attached hydrogens (tertiary/aromatic N) is 3. The molecule has 1 saturated heterocycles. The van der Waals surface area contributed by atoms with Crippen molar-refractivity contribution >= 4 is 35.0 Å². The summed E-state index contributed by atoms with van der Waals surface area (Å²) in [6, 6.07) is 5.90. The third kappa shape index (κ3) is 4.69. The first-order valence-electron chi connectivity index (χ1n) is 9.48. The summed E-state index contributed by atoms with van der Waals surface area (Å²) >= 11 is 7.04. The largest absolute Gasteiger partial charge is 0.469 e. The summed E-state index contributed by atoms with van der Waals surface area (Å²) in [5.74, 6) is 0.760. The predicted molar refractivity (Wildman–Crippen MR) is 112 cm³/mol. The van der Waals surface area contributed by atoms with E-state index in [0.717, 1.165) is 30.8 Å². The van der Waals surface area contributed by atoms with E-state index < -0.39 is 5.82 Å². The first-order valence-corrected chi connectivity index (χ1v) is 10.8. The highest BCUT2D eigenvalue weighted by Crippen LogP contribution is 2.29.